The molecule has 0 amide bonds. The molecule has 0 radical (unpaired) electrons. The van der Waals surface area contributed by atoms with E-state index in [0.29, 0.717) is 6.07 Å². The second-order valence-corrected chi connectivity index (χ2v) is 3.35. The van der Waals surface area contributed by atoms with Gasteiger partial charge >= 0.3 is 6.18 Å². The van der Waals surface area contributed by atoms with Gasteiger partial charge < -0.3 is 10.8 Å². The molecule has 1 rings (SSSR count). The van der Waals surface area contributed by atoms with Crippen molar-refractivity contribution in [1.82, 2.24) is 0 Å². The minimum atomic E-state index is -4.57. The molecule has 0 aliphatic heterocycles. The molecule has 0 spiro atoms. The van der Waals surface area contributed by atoms with Crippen LogP contribution in [0.3, 0.4) is 0 Å². The summed E-state index contributed by atoms with van der Waals surface area (Å²) in [7, 11) is 0. The third-order valence-corrected chi connectivity index (χ3v) is 2.17. The van der Waals surface area contributed by atoms with Crippen molar-refractivity contribution in [1.29, 1.82) is 0 Å². The summed E-state index contributed by atoms with van der Waals surface area (Å²) in [6, 6.07) is 1.38. The number of rotatable bonds is 3. The molecule has 0 saturated carbocycles. The van der Waals surface area contributed by atoms with E-state index >= 15 is 0 Å². The molecule has 0 heterocycles. The summed E-state index contributed by atoms with van der Waals surface area (Å²) in [5, 5.41) is 8.59. The van der Waals surface area contributed by atoms with Crippen molar-refractivity contribution in [2.24, 2.45) is 5.73 Å². The predicted molar refractivity (Wildman–Crippen MR) is 57.3 cm³/mol. The van der Waals surface area contributed by atoms with Gasteiger partial charge in [0.05, 0.1) is 5.56 Å². The highest BCUT2D eigenvalue weighted by Gasteiger charge is 2.31. The Morgan fingerprint density at radius 2 is 1.88 bits per heavy atom. The number of aliphatic hydroxyl groups excluding tert-OH is 1. The summed E-state index contributed by atoms with van der Waals surface area (Å²) in [6.07, 6.45) is -4.47. The third kappa shape index (κ3) is 4.14. The fourth-order valence-electron chi connectivity index (χ4n) is 1.30. The molecule has 17 heavy (non-hydrogen) atoms. The maximum Gasteiger partial charge on any atom is 0.416 e. The van der Waals surface area contributed by atoms with Gasteiger partial charge in [0.2, 0.25) is 0 Å². The highest BCUT2D eigenvalue weighted by atomic mass is 35.5. The smallest absolute Gasteiger partial charge is 0.396 e. The fourth-order valence-corrected chi connectivity index (χ4v) is 1.30. The van der Waals surface area contributed by atoms with Crippen molar-refractivity contribution >= 4 is 12.4 Å². The molecule has 0 unspecified atom stereocenters. The number of aliphatic hydroxyl groups is 1. The van der Waals surface area contributed by atoms with Crippen LogP contribution in [0.1, 0.15) is 23.6 Å². The lowest BCUT2D eigenvalue weighted by Gasteiger charge is -2.13. The van der Waals surface area contributed by atoms with Crippen molar-refractivity contribution in [3.63, 3.8) is 0 Å². The van der Waals surface area contributed by atoms with Gasteiger partial charge in [0.1, 0.15) is 5.82 Å². The van der Waals surface area contributed by atoms with Crippen molar-refractivity contribution in [3.8, 4) is 0 Å². The number of benzene rings is 1. The van der Waals surface area contributed by atoms with Crippen molar-refractivity contribution in [3.05, 3.63) is 35.1 Å². The Labute approximate surface area is 102 Å². The van der Waals surface area contributed by atoms with Crippen LogP contribution in [0, 0.1) is 5.82 Å². The molecule has 98 valence electrons. The molecule has 1 aromatic rings. The predicted octanol–water partition coefficient (Wildman–Crippen LogP) is 2.65. The van der Waals surface area contributed by atoms with Gasteiger partial charge in [0.25, 0.3) is 0 Å². The van der Waals surface area contributed by atoms with Gasteiger partial charge in [-0.2, -0.15) is 13.2 Å². The molecule has 1 aromatic carbocycles. The van der Waals surface area contributed by atoms with Gasteiger partial charge in [-0.05, 0) is 18.6 Å². The van der Waals surface area contributed by atoms with E-state index in [1.54, 1.807) is 0 Å². The number of nitrogens with two attached hydrogens (primary N) is 1. The standard InChI is InChI=1S/C10H11F4NO.ClH/c11-8-5-6(10(12,13)14)1-2-7(8)9(15)3-4-16;/h1-2,5,9,16H,3-4,15H2;1H/t9-;/m1./s1. The first-order valence-electron chi connectivity index (χ1n) is 4.59. The number of hydrogen-bond acceptors (Lipinski definition) is 2. The van der Waals surface area contributed by atoms with E-state index < -0.39 is 23.6 Å². The minimum Gasteiger partial charge on any atom is -0.396 e. The second kappa shape index (κ2) is 6.18. The Balaban J connectivity index is 0.00000256. The van der Waals surface area contributed by atoms with Gasteiger partial charge in [0, 0.05) is 18.2 Å². The molecule has 0 bridgehead atoms. The van der Waals surface area contributed by atoms with Crippen molar-refractivity contribution in [2.75, 3.05) is 6.61 Å². The summed E-state index contributed by atoms with van der Waals surface area (Å²) >= 11 is 0. The van der Waals surface area contributed by atoms with Crippen LogP contribution in [0.4, 0.5) is 17.6 Å². The van der Waals surface area contributed by atoms with Crippen molar-refractivity contribution in [2.45, 2.75) is 18.6 Å². The van der Waals surface area contributed by atoms with Crippen LogP contribution in [0.2, 0.25) is 0 Å². The van der Waals surface area contributed by atoms with E-state index in [1.165, 1.54) is 0 Å². The molecule has 0 aliphatic rings. The molecule has 7 heteroatoms. The Kier molecular flexibility index (Phi) is 5.87. The van der Waals surface area contributed by atoms with Gasteiger partial charge in [-0.3, -0.25) is 0 Å². The summed E-state index contributed by atoms with van der Waals surface area (Å²) in [5.41, 5.74) is 4.41. The van der Waals surface area contributed by atoms with E-state index in [4.69, 9.17) is 10.8 Å². The molecular weight excluding hydrogens is 262 g/mol. The Morgan fingerprint density at radius 1 is 1.29 bits per heavy atom. The monoisotopic (exact) mass is 273 g/mol. The topological polar surface area (TPSA) is 46.2 Å². The fraction of sp³-hybridized carbons (Fsp3) is 0.400. The van der Waals surface area contributed by atoms with Gasteiger partial charge in [-0.15, -0.1) is 12.4 Å². The lowest BCUT2D eigenvalue weighted by atomic mass is 10.0. The summed E-state index contributed by atoms with van der Waals surface area (Å²) in [5.74, 6) is -1.00. The zero-order valence-electron chi connectivity index (χ0n) is 8.67. The highest BCUT2D eigenvalue weighted by molar-refractivity contribution is 5.85. The first-order chi connectivity index (χ1) is 7.36. The molecule has 1 atom stereocenters. The largest absolute Gasteiger partial charge is 0.416 e. The average Bonchev–Trinajstić information content (AvgIpc) is 2.16. The molecule has 0 fully saturated rings. The number of alkyl halides is 3. The zero-order valence-corrected chi connectivity index (χ0v) is 9.48. The first kappa shape index (κ1) is 16.1. The lowest BCUT2D eigenvalue weighted by Crippen LogP contribution is -2.15. The van der Waals surface area contributed by atoms with Gasteiger partial charge in [0.15, 0.2) is 0 Å². The lowest BCUT2D eigenvalue weighted by molar-refractivity contribution is -0.137. The normalized spacial score (nSPS) is 13.1. The Bertz CT molecular complexity index is 370. The molecule has 0 aliphatic carbocycles. The number of halogens is 5. The van der Waals surface area contributed by atoms with Crippen LogP contribution < -0.4 is 5.73 Å². The van der Waals surface area contributed by atoms with Crippen LogP contribution in [-0.2, 0) is 6.18 Å². The minimum absolute atomic E-state index is 0. The summed E-state index contributed by atoms with van der Waals surface area (Å²) in [6.45, 7) is -0.248. The van der Waals surface area contributed by atoms with Crippen LogP contribution >= 0.6 is 12.4 Å². The Hall–Kier alpha value is -0.850. The van der Waals surface area contributed by atoms with E-state index in [9.17, 15) is 17.6 Å². The van der Waals surface area contributed by atoms with Crippen LogP contribution in [-0.4, -0.2) is 11.7 Å². The quantitative estimate of drug-likeness (QED) is 0.832. The second-order valence-electron chi connectivity index (χ2n) is 3.35. The molecule has 2 nitrogen and oxygen atoms in total. The maximum atomic E-state index is 13.3. The SMILES string of the molecule is Cl.N[C@H](CCO)c1ccc(C(F)(F)F)cc1F. The van der Waals surface area contributed by atoms with E-state index in [0.717, 1.165) is 12.1 Å². The summed E-state index contributed by atoms with van der Waals surface area (Å²) < 4.78 is 49.9. The third-order valence-electron chi connectivity index (χ3n) is 2.17. The van der Waals surface area contributed by atoms with Crippen LogP contribution in [0.5, 0.6) is 0 Å². The zero-order chi connectivity index (χ0) is 12.3. The first-order valence-corrected chi connectivity index (χ1v) is 4.59. The van der Waals surface area contributed by atoms with Crippen LogP contribution in [0.25, 0.3) is 0 Å². The van der Waals surface area contributed by atoms with E-state index in [-0.39, 0.29) is 31.0 Å². The van der Waals surface area contributed by atoms with E-state index in [2.05, 4.69) is 0 Å². The molecule has 0 saturated heterocycles. The molecular formula is C10H12ClF4NO. The number of hydrogen-bond donors (Lipinski definition) is 2. The Morgan fingerprint density at radius 3 is 2.29 bits per heavy atom. The van der Waals surface area contributed by atoms with E-state index in [1.807, 2.05) is 0 Å². The highest BCUT2D eigenvalue weighted by Crippen LogP contribution is 2.31. The average molecular weight is 274 g/mol. The van der Waals surface area contributed by atoms with Gasteiger partial charge in [-0.1, -0.05) is 6.07 Å². The summed E-state index contributed by atoms with van der Waals surface area (Å²) in [4.78, 5) is 0. The maximum absolute atomic E-state index is 13.3. The molecule has 0 aromatic heterocycles. The molecule has 3 N–H and O–H groups in total. The van der Waals surface area contributed by atoms with Crippen molar-refractivity contribution < 1.29 is 22.7 Å². The van der Waals surface area contributed by atoms with Gasteiger partial charge in [-0.25, -0.2) is 4.39 Å². The van der Waals surface area contributed by atoms with Crippen LogP contribution in [0.15, 0.2) is 18.2 Å².